The summed E-state index contributed by atoms with van der Waals surface area (Å²) < 4.78 is 5.36. The summed E-state index contributed by atoms with van der Waals surface area (Å²) in [6, 6.07) is 8.10. The number of rotatable bonds is 7. The molecule has 5 heteroatoms. The number of aliphatic carboxylic acids is 1. The van der Waals surface area contributed by atoms with Gasteiger partial charge in [-0.1, -0.05) is 43.5 Å². The van der Waals surface area contributed by atoms with E-state index in [0.717, 1.165) is 56.9 Å². The molecule has 0 aliphatic heterocycles. The summed E-state index contributed by atoms with van der Waals surface area (Å²) in [6.07, 6.45) is 6.95. The second kappa shape index (κ2) is 9.44. The predicted molar refractivity (Wildman–Crippen MR) is 111 cm³/mol. The number of carbonyl (C=O) groups is 2. The van der Waals surface area contributed by atoms with Crippen molar-refractivity contribution in [1.82, 2.24) is 4.90 Å². The highest BCUT2D eigenvalue weighted by Gasteiger charge is 2.41. The first-order chi connectivity index (χ1) is 13.1. The van der Waals surface area contributed by atoms with E-state index < -0.39 is 17.0 Å². The zero-order chi connectivity index (χ0) is 20.8. The number of carboxylic acid groups (broad SMARTS) is 1. The van der Waals surface area contributed by atoms with Gasteiger partial charge in [0.25, 0.3) is 0 Å². The number of aryl methyl sites for hydroxylation is 1. The zero-order valence-corrected chi connectivity index (χ0v) is 17.8. The van der Waals surface area contributed by atoms with Crippen molar-refractivity contribution in [2.75, 3.05) is 13.6 Å². The molecule has 1 aromatic rings. The maximum Gasteiger partial charge on any atom is 0.410 e. The van der Waals surface area contributed by atoms with Crippen LogP contribution in [0.1, 0.15) is 76.8 Å². The van der Waals surface area contributed by atoms with Crippen molar-refractivity contribution in [3.05, 3.63) is 35.4 Å². The minimum Gasteiger partial charge on any atom is -0.481 e. The van der Waals surface area contributed by atoms with Crippen molar-refractivity contribution >= 4 is 12.1 Å². The molecular formula is C23H35NO4. The van der Waals surface area contributed by atoms with Crippen LogP contribution in [0.3, 0.4) is 0 Å². The highest BCUT2D eigenvalue weighted by molar-refractivity contribution is 5.81. The van der Waals surface area contributed by atoms with Crippen LogP contribution in [0.2, 0.25) is 0 Å². The average Bonchev–Trinajstić information content (AvgIpc) is 2.64. The number of carbonyl (C=O) groups excluding carboxylic acids is 1. The summed E-state index contributed by atoms with van der Waals surface area (Å²) in [5, 5.41) is 9.89. The quantitative estimate of drug-likeness (QED) is 0.654. The number of nitrogens with zero attached hydrogens (tertiary/aromatic N) is 1. The molecule has 1 saturated carbocycles. The molecule has 1 aliphatic rings. The summed E-state index contributed by atoms with van der Waals surface area (Å²) in [5.74, 6) is -0.691. The van der Waals surface area contributed by atoms with E-state index in [1.165, 1.54) is 5.56 Å². The van der Waals surface area contributed by atoms with E-state index >= 15 is 0 Å². The summed E-state index contributed by atoms with van der Waals surface area (Å²) >= 11 is 0. The Morgan fingerprint density at radius 1 is 1.14 bits per heavy atom. The van der Waals surface area contributed by atoms with Crippen LogP contribution < -0.4 is 0 Å². The topological polar surface area (TPSA) is 66.8 Å². The van der Waals surface area contributed by atoms with Crippen LogP contribution >= 0.6 is 0 Å². The second-order valence-electron chi connectivity index (χ2n) is 9.01. The molecule has 28 heavy (non-hydrogen) atoms. The second-order valence-corrected chi connectivity index (χ2v) is 9.01. The van der Waals surface area contributed by atoms with Gasteiger partial charge in [0, 0.05) is 13.6 Å². The first kappa shape index (κ1) is 22.3. The average molecular weight is 390 g/mol. The fourth-order valence-corrected chi connectivity index (χ4v) is 3.92. The molecule has 0 heterocycles. The van der Waals surface area contributed by atoms with Crippen LogP contribution in [0.4, 0.5) is 4.79 Å². The van der Waals surface area contributed by atoms with E-state index in [2.05, 4.69) is 12.1 Å². The van der Waals surface area contributed by atoms with Crippen LogP contribution in [-0.4, -0.2) is 41.3 Å². The third-order valence-corrected chi connectivity index (χ3v) is 5.51. The standard InChI is InChI=1S/C23H35NO4/c1-22(2,3)28-21(27)24(4)16-9-6-11-18-12-10-13-19(17-18)23(20(25)26)14-7-5-8-15-23/h10,12-13,17H,5-9,11,14-16H2,1-4H3,(H,25,26). The molecule has 0 saturated heterocycles. The van der Waals surface area contributed by atoms with Gasteiger partial charge in [-0.3, -0.25) is 4.79 Å². The van der Waals surface area contributed by atoms with Gasteiger partial charge in [-0.2, -0.15) is 0 Å². The van der Waals surface area contributed by atoms with Gasteiger partial charge in [0.05, 0.1) is 5.41 Å². The lowest BCUT2D eigenvalue weighted by Gasteiger charge is -2.34. The monoisotopic (exact) mass is 389 g/mol. The van der Waals surface area contributed by atoms with Crippen molar-refractivity contribution in [3.8, 4) is 0 Å². The molecule has 1 amide bonds. The first-order valence-electron chi connectivity index (χ1n) is 10.4. The number of hydrogen-bond acceptors (Lipinski definition) is 3. The number of hydrogen-bond donors (Lipinski definition) is 1. The highest BCUT2D eigenvalue weighted by atomic mass is 16.6. The molecule has 0 bridgehead atoms. The lowest BCUT2D eigenvalue weighted by atomic mass is 9.69. The third kappa shape index (κ3) is 5.98. The molecule has 5 nitrogen and oxygen atoms in total. The van der Waals surface area contributed by atoms with Gasteiger partial charge in [-0.25, -0.2) is 4.79 Å². The Bertz CT molecular complexity index is 671. The van der Waals surface area contributed by atoms with Crippen LogP contribution in [-0.2, 0) is 21.4 Å². The number of amides is 1. The molecule has 0 aromatic heterocycles. The smallest absolute Gasteiger partial charge is 0.410 e. The van der Waals surface area contributed by atoms with Gasteiger partial charge >= 0.3 is 12.1 Å². The maximum absolute atomic E-state index is 12.0. The summed E-state index contributed by atoms with van der Waals surface area (Å²) in [6.45, 7) is 6.24. The fraction of sp³-hybridized carbons (Fsp3) is 0.652. The Morgan fingerprint density at radius 3 is 2.43 bits per heavy atom. The summed E-state index contributed by atoms with van der Waals surface area (Å²) in [4.78, 5) is 25.6. The lowest BCUT2D eigenvalue weighted by Crippen LogP contribution is -2.37. The number of unbranched alkanes of at least 4 members (excludes halogenated alkanes) is 1. The van der Waals surface area contributed by atoms with Crippen LogP contribution in [0.25, 0.3) is 0 Å². The van der Waals surface area contributed by atoms with Gasteiger partial charge < -0.3 is 14.7 Å². The van der Waals surface area contributed by atoms with E-state index in [4.69, 9.17) is 4.74 Å². The van der Waals surface area contributed by atoms with Crippen molar-refractivity contribution in [1.29, 1.82) is 0 Å². The Hall–Kier alpha value is -2.04. The fourth-order valence-electron chi connectivity index (χ4n) is 3.92. The summed E-state index contributed by atoms with van der Waals surface area (Å²) in [7, 11) is 1.76. The van der Waals surface area contributed by atoms with Gasteiger partial charge in [0.15, 0.2) is 0 Å². The normalized spacial score (nSPS) is 16.4. The molecule has 1 fully saturated rings. The largest absolute Gasteiger partial charge is 0.481 e. The minimum absolute atomic E-state index is 0.296. The molecule has 0 atom stereocenters. The molecule has 0 unspecified atom stereocenters. The number of benzene rings is 1. The van der Waals surface area contributed by atoms with Gasteiger partial charge in [-0.15, -0.1) is 0 Å². The predicted octanol–water partition coefficient (Wildman–Crippen LogP) is 5.16. The Balaban J connectivity index is 1.89. The van der Waals surface area contributed by atoms with Gasteiger partial charge in [-0.05, 0) is 64.0 Å². The minimum atomic E-state index is -0.717. The summed E-state index contributed by atoms with van der Waals surface area (Å²) in [5.41, 5.74) is 0.919. The third-order valence-electron chi connectivity index (χ3n) is 5.51. The van der Waals surface area contributed by atoms with Gasteiger partial charge in [0.2, 0.25) is 0 Å². The van der Waals surface area contributed by atoms with Crippen molar-refractivity contribution < 1.29 is 19.4 Å². The van der Waals surface area contributed by atoms with Crippen molar-refractivity contribution in [2.45, 2.75) is 83.2 Å². The van der Waals surface area contributed by atoms with E-state index in [-0.39, 0.29) is 6.09 Å². The van der Waals surface area contributed by atoms with E-state index in [9.17, 15) is 14.7 Å². The molecule has 1 aromatic carbocycles. The van der Waals surface area contributed by atoms with E-state index in [1.807, 2.05) is 32.9 Å². The number of carboxylic acids is 1. The molecule has 156 valence electrons. The molecule has 2 rings (SSSR count). The maximum atomic E-state index is 12.0. The zero-order valence-electron chi connectivity index (χ0n) is 17.8. The molecule has 0 radical (unpaired) electrons. The van der Waals surface area contributed by atoms with Crippen LogP contribution in [0.15, 0.2) is 24.3 Å². The Labute approximate surface area is 169 Å². The van der Waals surface area contributed by atoms with Gasteiger partial charge in [0.1, 0.15) is 5.60 Å². The van der Waals surface area contributed by atoms with Crippen LogP contribution in [0.5, 0.6) is 0 Å². The Morgan fingerprint density at radius 2 is 1.82 bits per heavy atom. The van der Waals surface area contributed by atoms with Crippen molar-refractivity contribution in [3.63, 3.8) is 0 Å². The van der Waals surface area contributed by atoms with E-state index in [1.54, 1.807) is 11.9 Å². The highest BCUT2D eigenvalue weighted by Crippen LogP contribution is 2.40. The molecule has 1 aliphatic carbocycles. The molecule has 1 N–H and O–H groups in total. The molecular weight excluding hydrogens is 354 g/mol. The Kier molecular flexibility index (Phi) is 7.50. The molecule has 0 spiro atoms. The van der Waals surface area contributed by atoms with Crippen LogP contribution in [0, 0.1) is 0 Å². The first-order valence-corrected chi connectivity index (χ1v) is 10.4. The SMILES string of the molecule is CN(CCCCc1cccc(C2(C(=O)O)CCCCC2)c1)C(=O)OC(C)(C)C. The van der Waals surface area contributed by atoms with E-state index in [0.29, 0.717) is 6.54 Å². The van der Waals surface area contributed by atoms with Crippen molar-refractivity contribution in [2.24, 2.45) is 0 Å². The lowest BCUT2D eigenvalue weighted by molar-refractivity contribution is -0.145. The number of ether oxygens (including phenoxy) is 1.